The molecule has 72 valence electrons. The molecular weight excluding hydrogens is 189 g/mol. The molecule has 0 saturated heterocycles. The second kappa shape index (κ2) is 4.58. The molecule has 1 nitrogen and oxygen atoms in total. The van der Waals surface area contributed by atoms with Crippen LogP contribution >= 0.6 is 11.6 Å². The minimum absolute atomic E-state index is 0.142. The lowest BCUT2D eigenvalue weighted by atomic mass is 10.0. The van der Waals surface area contributed by atoms with Crippen molar-refractivity contribution >= 4 is 11.6 Å². The third kappa shape index (κ3) is 2.68. The van der Waals surface area contributed by atoms with Gasteiger partial charge in [-0.25, -0.2) is 4.39 Å². The zero-order chi connectivity index (χ0) is 9.84. The van der Waals surface area contributed by atoms with Gasteiger partial charge in [0.2, 0.25) is 0 Å². The molecule has 0 aliphatic heterocycles. The molecule has 0 heterocycles. The van der Waals surface area contributed by atoms with Gasteiger partial charge in [-0.2, -0.15) is 0 Å². The maximum absolute atomic E-state index is 13.3. The number of halogens is 2. The Kier molecular flexibility index (Phi) is 3.70. The number of benzene rings is 1. The van der Waals surface area contributed by atoms with Crippen LogP contribution in [-0.4, -0.2) is 13.6 Å². The topological polar surface area (TPSA) is 12.0 Å². The van der Waals surface area contributed by atoms with E-state index >= 15 is 0 Å². The van der Waals surface area contributed by atoms with Crippen LogP contribution in [0.15, 0.2) is 18.2 Å². The first-order valence-corrected chi connectivity index (χ1v) is 4.62. The fourth-order valence-corrected chi connectivity index (χ4v) is 1.49. The van der Waals surface area contributed by atoms with Crippen LogP contribution in [-0.2, 0) is 0 Å². The van der Waals surface area contributed by atoms with Gasteiger partial charge >= 0.3 is 0 Å². The summed E-state index contributed by atoms with van der Waals surface area (Å²) in [5, 5.41) is 3.59. The Hall–Kier alpha value is -0.600. The van der Waals surface area contributed by atoms with Crippen LogP contribution in [0.2, 0.25) is 5.02 Å². The minimum atomic E-state index is -0.188. The van der Waals surface area contributed by atoms with Gasteiger partial charge in [0.05, 0.1) is 0 Å². The lowest BCUT2D eigenvalue weighted by Crippen LogP contribution is -2.15. The van der Waals surface area contributed by atoms with Gasteiger partial charge in [0, 0.05) is 11.6 Å². The van der Waals surface area contributed by atoms with Crippen molar-refractivity contribution < 1.29 is 4.39 Å². The molecule has 0 amide bonds. The highest BCUT2D eigenvalue weighted by molar-refractivity contribution is 6.30. The Morgan fingerprint density at radius 3 is 2.85 bits per heavy atom. The van der Waals surface area contributed by atoms with E-state index in [0.29, 0.717) is 10.6 Å². The van der Waals surface area contributed by atoms with E-state index in [1.807, 2.05) is 14.0 Å². The van der Waals surface area contributed by atoms with E-state index in [0.717, 1.165) is 6.54 Å². The highest BCUT2D eigenvalue weighted by Crippen LogP contribution is 2.22. The van der Waals surface area contributed by atoms with Crippen molar-refractivity contribution in [2.24, 2.45) is 0 Å². The molecule has 1 N–H and O–H groups in total. The van der Waals surface area contributed by atoms with Gasteiger partial charge in [0.25, 0.3) is 0 Å². The first-order valence-electron chi connectivity index (χ1n) is 4.24. The zero-order valence-electron chi connectivity index (χ0n) is 7.77. The molecule has 0 saturated carbocycles. The number of likely N-dealkylation sites (N-methyl/N-ethyl adjacent to an activating group) is 1. The van der Waals surface area contributed by atoms with Crippen molar-refractivity contribution in [3.63, 3.8) is 0 Å². The second-order valence-electron chi connectivity index (χ2n) is 3.12. The molecule has 0 aliphatic rings. The molecule has 3 heteroatoms. The monoisotopic (exact) mass is 201 g/mol. The van der Waals surface area contributed by atoms with Crippen molar-refractivity contribution in [2.75, 3.05) is 13.6 Å². The summed E-state index contributed by atoms with van der Waals surface area (Å²) >= 11 is 5.77. The molecule has 1 aromatic rings. The van der Waals surface area contributed by atoms with Gasteiger partial charge in [-0.05, 0) is 36.7 Å². The summed E-state index contributed by atoms with van der Waals surface area (Å²) in [6, 6.07) is 4.65. The molecule has 0 bridgehead atoms. The largest absolute Gasteiger partial charge is 0.319 e. The predicted octanol–water partition coefficient (Wildman–Crippen LogP) is 2.80. The maximum Gasteiger partial charge on any atom is 0.126 e. The molecule has 1 aromatic carbocycles. The van der Waals surface area contributed by atoms with E-state index in [1.165, 1.54) is 6.07 Å². The maximum atomic E-state index is 13.3. The summed E-state index contributed by atoms with van der Waals surface area (Å²) in [5.41, 5.74) is 0.668. The van der Waals surface area contributed by atoms with Crippen LogP contribution in [0.25, 0.3) is 0 Å². The SMILES string of the molecule is CNCC(C)c1cc(Cl)ccc1F. The van der Waals surface area contributed by atoms with Crippen LogP contribution < -0.4 is 5.32 Å². The van der Waals surface area contributed by atoms with Gasteiger partial charge in [-0.15, -0.1) is 0 Å². The van der Waals surface area contributed by atoms with Crippen molar-refractivity contribution in [3.05, 3.63) is 34.6 Å². The summed E-state index contributed by atoms with van der Waals surface area (Å²) in [6.45, 7) is 2.71. The molecule has 0 spiro atoms. The summed E-state index contributed by atoms with van der Waals surface area (Å²) in [6.07, 6.45) is 0. The van der Waals surface area contributed by atoms with E-state index in [2.05, 4.69) is 5.32 Å². The number of hydrogen-bond acceptors (Lipinski definition) is 1. The summed E-state index contributed by atoms with van der Waals surface area (Å²) in [7, 11) is 1.85. The Labute approximate surface area is 82.9 Å². The highest BCUT2D eigenvalue weighted by atomic mass is 35.5. The molecule has 0 fully saturated rings. The van der Waals surface area contributed by atoms with Gasteiger partial charge in [0.1, 0.15) is 5.82 Å². The van der Waals surface area contributed by atoms with Crippen LogP contribution in [0.5, 0.6) is 0 Å². The normalized spacial score (nSPS) is 12.9. The van der Waals surface area contributed by atoms with Crippen molar-refractivity contribution in [1.29, 1.82) is 0 Å². The molecule has 1 rings (SSSR count). The summed E-state index contributed by atoms with van der Waals surface area (Å²) in [4.78, 5) is 0. The fourth-order valence-electron chi connectivity index (χ4n) is 1.31. The van der Waals surface area contributed by atoms with E-state index in [-0.39, 0.29) is 11.7 Å². The third-order valence-electron chi connectivity index (χ3n) is 2.00. The molecule has 0 aromatic heterocycles. The zero-order valence-corrected chi connectivity index (χ0v) is 8.53. The Morgan fingerprint density at radius 2 is 2.23 bits per heavy atom. The van der Waals surface area contributed by atoms with E-state index in [1.54, 1.807) is 12.1 Å². The van der Waals surface area contributed by atoms with Crippen molar-refractivity contribution in [1.82, 2.24) is 5.32 Å². The van der Waals surface area contributed by atoms with E-state index in [4.69, 9.17) is 11.6 Å². The lowest BCUT2D eigenvalue weighted by molar-refractivity contribution is 0.577. The first kappa shape index (κ1) is 10.5. The quantitative estimate of drug-likeness (QED) is 0.793. The van der Waals surface area contributed by atoms with Crippen LogP contribution in [0, 0.1) is 5.82 Å². The van der Waals surface area contributed by atoms with Gasteiger partial charge in [0.15, 0.2) is 0 Å². The van der Waals surface area contributed by atoms with Crippen LogP contribution in [0.3, 0.4) is 0 Å². The third-order valence-corrected chi connectivity index (χ3v) is 2.23. The smallest absolute Gasteiger partial charge is 0.126 e. The molecule has 13 heavy (non-hydrogen) atoms. The molecular formula is C10H13ClFN. The number of hydrogen-bond donors (Lipinski definition) is 1. The predicted molar refractivity (Wildman–Crippen MR) is 53.8 cm³/mol. The Bertz CT molecular complexity index is 288. The van der Waals surface area contributed by atoms with E-state index in [9.17, 15) is 4.39 Å². The van der Waals surface area contributed by atoms with Gasteiger partial charge in [-0.1, -0.05) is 18.5 Å². The fraction of sp³-hybridized carbons (Fsp3) is 0.400. The highest BCUT2D eigenvalue weighted by Gasteiger charge is 2.10. The number of rotatable bonds is 3. The minimum Gasteiger partial charge on any atom is -0.319 e. The van der Waals surface area contributed by atoms with E-state index < -0.39 is 0 Å². The van der Waals surface area contributed by atoms with Gasteiger partial charge in [-0.3, -0.25) is 0 Å². The molecule has 1 unspecified atom stereocenters. The average Bonchev–Trinajstić information content (AvgIpc) is 2.09. The van der Waals surface area contributed by atoms with Crippen molar-refractivity contribution in [2.45, 2.75) is 12.8 Å². The van der Waals surface area contributed by atoms with Gasteiger partial charge < -0.3 is 5.32 Å². The Morgan fingerprint density at radius 1 is 1.54 bits per heavy atom. The lowest BCUT2D eigenvalue weighted by Gasteiger charge is -2.12. The summed E-state index contributed by atoms with van der Waals surface area (Å²) in [5.74, 6) is -0.0455. The first-order chi connectivity index (χ1) is 6.15. The molecule has 1 atom stereocenters. The molecule has 0 radical (unpaired) electrons. The molecule has 0 aliphatic carbocycles. The summed E-state index contributed by atoms with van der Waals surface area (Å²) < 4.78 is 13.3. The van der Waals surface area contributed by atoms with Crippen LogP contribution in [0.4, 0.5) is 4.39 Å². The Balaban J connectivity index is 2.91. The average molecular weight is 202 g/mol. The second-order valence-corrected chi connectivity index (χ2v) is 3.56. The standard InChI is InChI=1S/C10H13ClFN/c1-7(6-13-2)9-5-8(11)3-4-10(9)12/h3-5,7,13H,6H2,1-2H3. The van der Waals surface area contributed by atoms with Crippen molar-refractivity contribution in [3.8, 4) is 0 Å². The van der Waals surface area contributed by atoms with Crippen LogP contribution in [0.1, 0.15) is 18.4 Å². The number of nitrogens with one attached hydrogen (secondary N) is 1.